The van der Waals surface area contributed by atoms with Gasteiger partial charge in [0.2, 0.25) is 5.91 Å². The fraction of sp³-hybridized carbons (Fsp3) is 0.500. The van der Waals surface area contributed by atoms with Gasteiger partial charge in [0, 0.05) is 12.1 Å². The highest BCUT2D eigenvalue weighted by Crippen LogP contribution is 2.31. The van der Waals surface area contributed by atoms with Crippen LogP contribution in [-0.4, -0.2) is 35.6 Å². The number of benzene rings is 1. The molecular formula is C14H22N2O3. The molecule has 1 amide bonds. The summed E-state index contributed by atoms with van der Waals surface area (Å²) in [6.07, 6.45) is 0. The quantitative estimate of drug-likeness (QED) is 0.821. The maximum absolute atomic E-state index is 11.1. The molecule has 106 valence electrons. The first-order valence-electron chi connectivity index (χ1n) is 6.27. The molecule has 0 aliphatic rings. The summed E-state index contributed by atoms with van der Waals surface area (Å²) in [5, 5.41) is 9.60. The molecular weight excluding hydrogens is 244 g/mol. The van der Waals surface area contributed by atoms with Crippen LogP contribution in [0.1, 0.15) is 32.4 Å². The zero-order valence-corrected chi connectivity index (χ0v) is 11.9. The van der Waals surface area contributed by atoms with Crippen LogP contribution in [0.3, 0.4) is 0 Å². The zero-order valence-electron chi connectivity index (χ0n) is 11.9. The van der Waals surface area contributed by atoms with E-state index in [4.69, 9.17) is 10.5 Å². The monoisotopic (exact) mass is 266 g/mol. The van der Waals surface area contributed by atoms with E-state index in [1.54, 1.807) is 12.1 Å². The summed E-state index contributed by atoms with van der Waals surface area (Å²) >= 11 is 0. The summed E-state index contributed by atoms with van der Waals surface area (Å²) in [4.78, 5) is 13.1. The average molecular weight is 266 g/mol. The van der Waals surface area contributed by atoms with Crippen LogP contribution < -0.4 is 10.5 Å². The van der Waals surface area contributed by atoms with Crippen LogP contribution in [0.25, 0.3) is 0 Å². The van der Waals surface area contributed by atoms with Gasteiger partial charge >= 0.3 is 0 Å². The van der Waals surface area contributed by atoms with Crippen molar-refractivity contribution >= 4 is 5.91 Å². The number of phenolic OH excluding ortho intramolecular Hbond substituents is 1. The minimum Gasteiger partial charge on any atom is -0.504 e. The second-order valence-electron chi connectivity index (χ2n) is 4.84. The van der Waals surface area contributed by atoms with Crippen molar-refractivity contribution in [2.24, 2.45) is 5.73 Å². The van der Waals surface area contributed by atoms with E-state index in [-0.39, 0.29) is 30.3 Å². The Hall–Kier alpha value is -1.75. The lowest BCUT2D eigenvalue weighted by molar-refractivity contribution is -0.120. The Morgan fingerprint density at radius 1 is 1.42 bits per heavy atom. The Bertz CT molecular complexity index is 446. The Kier molecular flexibility index (Phi) is 5.18. The van der Waals surface area contributed by atoms with Gasteiger partial charge in [0.25, 0.3) is 0 Å². The van der Waals surface area contributed by atoms with Crippen molar-refractivity contribution in [3.8, 4) is 11.5 Å². The van der Waals surface area contributed by atoms with E-state index in [0.717, 1.165) is 5.56 Å². The molecule has 0 bridgehead atoms. The molecule has 0 aliphatic carbocycles. The van der Waals surface area contributed by atoms with Gasteiger partial charge in [-0.3, -0.25) is 9.69 Å². The maximum Gasteiger partial charge on any atom is 0.231 e. The highest BCUT2D eigenvalue weighted by Gasteiger charge is 2.21. The predicted octanol–water partition coefficient (Wildman–Crippen LogP) is 1.66. The standard InChI is InChI=1S/C14H22N2O3/c1-9(2)16(8-14(15)18)10(3)11-5-6-12(17)13(7-11)19-4/h5-7,9-10,17H,8H2,1-4H3,(H2,15,18). The van der Waals surface area contributed by atoms with Gasteiger partial charge in [-0.05, 0) is 38.5 Å². The van der Waals surface area contributed by atoms with Gasteiger partial charge in [0.05, 0.1) is 13.7 Å². The number of amides is 1. The second-order valence-corrected chi connectivity index (χ2v) is 4.84. The average Bonchev–Trinajstić information content (AvgIpc) is 2.35. The minimum atomic E-state index is -0.355. The molecule has 0 saturated carbocycles. The lowest BCUT2D eigenvalue weighted by Crippen LogP contribution is -2.40. The Balaban J connectivity index is 3.02. The van der Waals surface area contributed by atoms with Gasteiger partial charge in [0.1, 0.15) is 0 Å². The number of hydrogen-bond acceptors (Lipinski definition) is 4. The van der Waals surface area contributed by atoms with Crippen LogP contribution in [-0.2, 0) is 4.79 Å². The number of hydrogen-bond donors (Lipinski definition) is 2. The van der Waals surface area contributed by atoms with E-state index in [2.05, 4.69) is 0 Å². The summed E-state index contributed by atoms with van der Waals surface area (Å²) in [6, 6.07) is 5.37. The van der Waals surface area contributed by atoms with Gasteiger partial charge in [0.15, 0.2) is 11.5 Å². The first-order valence-corrected chi connectivity index (χ1v) is 6.27. The molecule has 5 nitrogen and oxygen atoms in total. The minimum absolute atomic E-state index is 0.00185. The molecule has 1 atom stereocenters. The normalized spacial score (nSPS) is 12.7. The van der Waals surface area contributed by atoms with E-state index in [1.807, 2.05) is 31.7 Å². The predicted molar refractivity (Wildman–Crippen MR) is 74.1 cm³/mol. The molecule has 1 rings (SSSR count). The van der Waals surface area contributed by atoms with Crippen molar-refractivity contribution in [2.45, 2.75) is 32.9 Å². The Morgan fingerprint density at radius 3 is 2.53 bits per heavy atom. The number of phenols is 1. The summed E-state index contributed by atoms with van der Waals surface area (Å²) in [6.45, 7) is 6.21. The van der Waals surface area contributed by atoms with E-state index < -0.39 is 0 Å². The molecule has 1 aromatic rings. The number of nitrogens with zero attached hydrogens (tertiary/aromatic N) is 1. The summed E-state index contributed by atoms with van der Waals surface area (Å²) in [5.74, 6) is 0.169. The third-order valence-electron chi connectivity index (χ3n) is 3.19. The third-order valence-corrected chi connectivity index (χ3v) is 3.19. The maximum atomic E-state index is 11.1. The molecule has 5 heteroatoms. The molecule has 0 spiro atoms. The van der Waals surface area contributed by atoms with Gasteiger partial charge < -0.3 is 15.6 Å². The number of rotatable bonds is 6. The van der Waals surface area contributed by atoms with Crippen molar-refractivity contribution in [2.75, 3.05) is 13.7 Å². The first-order chi connectivity index (χ1) is 8.86. The number of methoxy groups -OCH3 is 1. The number of aromatic hydroxyl groups is 1. The second kappa shape index (κ2) is 6.43. The van der Waals surface area contributed by atoms with Crippen LogP contribution in [0.4, 0.5) is 0 Å². The van der Waals surface area contributed by atoms with Crippen molar-refractivity contribution < 1.29 is 14.6 Å². The van der Waals surface area contributed by atoms with Crippen molar-refractivity contribution in [1.29, 1.82) is 0 Å². The summed E-state index contributed by atoms with van der Waals surface area (Å²) in [5.41, 5.74) is 6.24. The highest BCUT2D eigenvalue weighted by atomic mass is 16.5. The summed E-state index contributed by atoms with van der Waals surface area (Å²) < 4.78 is 5.10. The largest absolute Gasteiger partial charge is 0.504 e. The molecule has 0 fully saturated rings. The lowest BCUT2D eigenvalue weighted by Gasteiger charge is -2.32. The van der Waals surface area contributed by atoms with Crippen LogP contribution in [0, 0.1) is 0 Å². The molecule has 0 radical (unpaired) electrons. The molecule has 0 saturated heterocycles. The third kappa shape index (κ3) is 3.86. The lowest BCUT2D eigenvalue weighted by atomic mass is 10.0. The van der Waals surface area contributed by atoms with Crippen LogP contribution in [0.5, 0.6) is 11.5 Å². The fourth-order valence-corrected chi connectivity index (χ4v) is 2.09. The molecule has 3 N–H and O–H groups in total. The van der Waals surface area contributed by atoms with E-state index in [1.165, 1.54) is 7.11 Å². The van der Waals surface area contributed by atoms with Crippen LogP contribution in [0.15, 0.2) is 18.2 Å². The molecule has 0 aromatic heterocycles. The van der Waals surface area contributed by atoms with Crippen molar-refractivity contribution in [3.63, 3.8) is 0 Å². The fourth-order valence-electron chi connectivity index (χ4n) is 2.09. The zero-order chi connectivity index (χ0) is 14.6. The number of carbonyl (C=O) groups is 1. The SMILES string of the molecule is COc1cc(C(C)N(CC(N)=O)C(C)C)ccc1O. The molecule has 1 unspecified atom stereocenters. The Morgan fingerprint density at radius 2 is 2.05 bits per heavy atom. The van der Waals surface area contributed by atoms with Gasteiger partial charge in [-0.25, -0.2) is 0 Å². The molecule has 0 heterocycles. The van der Waals surface area contributed by atoms with Gasteiger partial charge in [-0.2, -0.15) is 0 Å². The van der Waals surface area contributed by atoms with Crippen LogP contribution in [0.2, 0.25) is 0 Å². The number of nitrogens with two attached hydrogens (primary N) is 1. The first kappa shape index (κ1) is 15.3. The topological polar surface area (TPSA) is 75.8 Å². The molecule has 19 heavy (non-hydrogen) atoms. The van der Waals surface area contributed by atoms with E-state index in [9.17, 15) is 9.90 Å². The Labute approximate surface area is 114 Å². The smallest absolute Gasteiger partial charge is 0.231 e. The van der Waals surface area contributed by atoms with Crippen molar-refractivity contribution in [1.82, 2.24) is 4.90 Å². The number of ether oxygens (including phenoxy) is 1. The van der Waals surface area contributed by atoms with Gasteiger partial charge in [-0.15, -0.1) is 0 Å². The molecule has 0 aliphatic heterocycles. The number of carbonyl (C=O) groups excluding carboxylic acids is 1. The van der Waals surface area contributed by atoms with E-state index in [0.29, 0.717) is 5.75 Å². The molecule has 1 aromatic carbocycles. The highest BCUT2D eigenvalue weighted by molar-refractivity contribution is 5.76. The van der Waals surface area contributed by atoms with Crippen LogP contribution >= 0.6 is 0 Å². The van der Waals surface area contributed by atoms with Gasteiger partial charge in [-0.1, -0.05) is 6.07 Å². The summed E-state index contributed by atoms with van der Waals surface area (Å²) in [7, 11) is 1.51. The van der Waals surface area contributed by atoms with E-state index >= 15 is 0 Å². The number of primary amides is 1. The van der Waals surface area contributed by atoms with Crippen molar-refractivity contribution in [3.05, 3.63) is 23.8 Å².